The summed E-state index contributed by atoms with van der Waals surface area (Å²) in [5, 5.41) is 2.36. The van der Waals surface area contributed by atoms with Gasteiger partial charge >= 0.3 is 6.85 Å². The summed E-state index contributed by atoms with van der Waals surface area (Å²) in [4.78, 5) is 2.75. The topological polar surface area (TPSA) is 16.4 Å². The van der Waals surface area contributed by atoms with Gasteiger partial charge in [-0.2, -0.15) is 0 Å². The average Bonchev–Trinajstić information content (AvgIpc) is 3.54. The molecular formula is C56H60BNO. The monoisotopic (exact) mass is 773 g/mol. The lowest BCUT2D eigenvalue weighted by Crippen LogP contribution is -2.62. The highest BCUT2D eigenvalue weighted by Gasteiger charge is 2.48. The summed E-state index contributed by atoms with van der Waals surface area (Å²) in [6.45, 7) is 31.0. The largest absolute Gasteiger partial charge is 0.456 e. The number of rotatable bonds is 2. The molecule has 0 N–H and O–H groups in total. The van der Waals surface area contributed by atoms with E-state index in [2.05, 4.69) is 192 Å². The van der Waals surface area contributed by atoms with Crippen molar-refractivity contribution >= 4 is 51.1 Å². The molecule has 2 aliphatic heterocycles. The Morgan fingerprint density at radius 1 is 0.627 bits per heavy atom. The predicted octanol–water partition coefficient (Wildman–Crippen LogP) is 14.2. The number of para-hydroxylation sites is 1. The van der Waals surface area contributed by atoms with Crippen LogP contribution in [-0.2, 0) is 21.7 Å². The van der Waals surface area contributed by atoms with Gasteiger partial charge in [0.2, 0.25) is 0 Å². The Morgan fingerprint density at radius 2 is 1.27 bits per heavy atom. The molecule has 1 unspecified atom stereocenters. The van der Waals surface area contributed by atoms with Gasteiger partial charge in [-0.05, 0) is 163 Å². The molecule has 0 fully saturated rings. The van der Waals surface area contributed by atoms with Crippen LogP contribution in [0.15, 0.2) is 101 Å². The van der Waals surface area contributed by atoms with E-state index < -0.39 is 0 Å². The Kier molecular flexibility index (Phi) is 8.10. The molecule has 1 atom stereocenters. The number of hydrogen-bond acceptors (Lipinski definition) is 2. The van der Waals surface area contributed by atoms with Gasteiger partial charge in [0, 0.05) is 33.6 Å². The molecule has 0 radical (unpaired) electrons. The molecule has 298 valence electrons. The van der Waals surface area contributed by atoms with Crippen molar-refractivity contribution in [3.63, 3.8) is 0 Å². The van der Waals surface area contributed by atoms with Gasteiger partial charge in [-0.3, -0.25) is 0 Å². The molecule has 1 aromatic heterocycles. The molecule has 0 spiro atoms. The zero-order chi connectivity index (χ0) is 41.7. The second kappa shape index (κ2) is 12.5. The minimum atomic E-state index is -0.00241. The average molecular weight is 774 g/mol. The SMILES string of the molecule is Cc1cc2oc3ccccc3c2cc1-c1c(C)cc2c3c1C(C)c1ccc(C(C)(C)C)cc1B3N(c1ccc(C(C)(C)C)cc1)c1cc3c(cc1-2)C(C)(C)CCC3(C)C. The molecule has 7 aromatic rings. The van der Waals surface area contributed by atoms with Crippen LogP contribution in [0.4, 0.5) is 11.4 Å². The van der Waals surface area contributed by atoms with Crippen molar-refractivity contribution in [1.82, 2.24) is 0 Å². The number of furan rings is 1. The minimum Gasteiger partial charge on any atom is -0.456 e. The third-order valence-corrected chi connectivity index (χ3v) is 14.8. The van der Waals surface area contributed by atoms with Gasteiger partial charge < -0.3 is 9.23 Å². The number of hydrogen-bond donors (Lipinski definition) is 0. The zero-order valence-electron chi connectivity index (χ0n) is 37.7. The van der Waals surface area contributed by atoms with Crippen molar-refractivity contribution in [1.29, 1.82) is 0 Å². The highest BCUT2D eigenvalue weighted by atomic mass is 16.3. The van der Waals surface area contributed by atoms with Crippen molar-refractivity contribution in [2.24, 2.45) is 0 Å². The highest BCUT2D eigenvalue weighted by molar-refractivity contribution is 6.92. The molecule has 0 amide bonds. The number of benzene rings is 6. The van der Waals surface area contributed by atoms with Crippen molar-refractivity contribution < 1.29 is 4.42 Å². The smallest absolute Gasteiger partial charge is 0.329 e. The zero-order valence-corrected chi connectivity index (χ0v) is 37.7. The van der Waals surface area contributed by atoms with E-state index in [1.54, 1.807) is 0 Å². The normalized spacial score (nSPS) is 17.8. The minimum absolute atomic E-state index is 0.00241. The molecule has 0 saturated heterocycles. The number of anilines is 2. The van der Waals surface area contributed by atoms with Gasteiger partial charge in [0.15, 0.2) is 0 Å². The summed E-state index contributed by atoms with van der Waals surface area (Å²) in [6, 6.07) is 38.1. The van der Waals surface area contributed by atoms with Crippen molar-refractivity contribution in [2.45, 2.75) is 130 Å². The maximum Gasteiger partial charge on any atom is 0.329 e. The first-order valence-electron chi connectivity index (χ1n) is 22.1. The van der Waals surface area contributed by atoms with Crippen molar-refractivity contribution in [3.8, 4) is 22.3 Å². The third-order valence-electron chi connectivity index (χ3n) is 14.8. The van der Waals surface area contributed by atoms with Crippen LogP contribution in [-0.4, -0.2) is 6.85 Å². The molecule has 0 bridgehead atoms. The number of nitrogens with zero attached hydrogens (tertiary/aromatic N) is 1. The molecule has 3 heterocycles. The fraction of sp³-hybridized carbons (Fsp3) is 0.357. The lowest BCUT2D eigenvalue weighted by molar-refractivity contribution is 0.332. The first kappa shape index (κ1) is 38.2. The summed E-state index contributed by atoms with van der Waals surface area (Å²) >= 11 is 0. The Morgan fingerprint density at radius 3 is 1.95 bits per heavy atom. The third kappa shape index (κ3) is 5.66. The summed E-state index contributed by atoms with van der Waals surface area (Å²) < 4.78 is 6.44. The van der Waals surface area contributed by atoms with Gasteiger partial charge in [-0.1, -0.05) is 131 Å². The van der Waals surface area contributed by atoms with E-state index in [1.165, 1.54) is 113 Å². The summed E-state index contributed by atoms with van der Waals surface area (Å²) in [5.41, 5.74) is 24.3. The predicted molar refractivity (Wildman–Crippen MR) is 254 cm³/mol. The van der Waals surface area contributed by atoms with E-state index in [0.29, 0.717) is 0 Å². The Balaban J connectivity index is 1.35. The Labute approximate surface area is 353 Å². The van der Waals surface area contributed by atoms with E-state index in [4.69, 9.17) is 4.42 Å². The van der Waals surface area contributed by atoms with E-state index in [9.17, 15) is 0 Å². The van der Waals surface area contributed by atoms with Gasteiger partial charge in [-0.25, -0.2) is 0 Å². The van der Waals surface area contributed by atoms with Gasteiger partial charge in [0.05, 0.1) is 0 Å². The maximum absolute atomic E-state index is 6.44. The van der Waals surface area contributed by atoms with Gasteiger partial charge in [-0.15, -0.1) is 0 Å². The fourth-order valence-electron chi connectivity index (χ4n) is 11.1. The molecule has 59 heavy (non-hydrogen) atoms. The van der Waals surface area contributed by atoms with Crippen LogP contribution in [0.1, 0.15) is 139 Å². The van der Waals surface area contributed by atoms with E-state index in [0.717, 1.165) is 11.2 Å². The lowest BCUT2D eigenvalue weighted by Gasteiger charge is -2.48. The van der Waals surface area contributed by atoms with E-state index in [1.807, 2.05) is 0 Å². The quantitative estimate of drug-likeness (QED) is 0.163. The molecule has 0 saturated carbocycles. The highest BCUT2D eigenvalue weighted by Crippen LogP contribution is 2.54. The van der Waals surface area contributed by atoms with Crippen LogP contribution in [0.5, 0.6) is 0 Å². The molecule has 2 nitrogen and oxygen atoms in total. The summed E-state index contributed by atoms with van der Waals surface area (Å²) in [6.07, 6.45) is 2.37. The Bertz CT molecular complexity index is 2890. The van der Waals surface area contributed by atoms with Gasteiger partial charge in [0.1, 0.15) is 11.2 Å². The number of aryl methyl sites for hydroxylation is 2. The first-order chi connectivity index (χ1) is 27.7. The van der Waals surface area contributed by atoms with Crippen molar-refractivity contribution in [2.75, 3.05) is 4.81 Å². The molecule has 3 aliphatic rings. The second-order valence-electron chi connectivity index (χ2n) is 21.8. The lowest BCUT2D eigenvalue weighted by atomic mass is 9.39. The molecule has 1 aliphatic carbocycles. The van der Waals surface area contributed by atoms with Crippen molar-refractivity contribution in [3.05, 3.63) is 142 Å². The van der Waals surface area contributed by atoms with E-state index >= 15 is 0 Å². The summed E-state index contributed by atoms with van der Waals surface area (Å²) in [7, 11) is 0. The van der Waals surface area contributed by atoms with Crippen LogP contribution in [0.25, 0.3) is 44.2 Å². The summed E-state index contributed by atoms with van der Waals surface area (Å²) in [5.74, 6) is 0.190. The molecule has 10 rings (SSSR count). The van der Waals surface area contributed by atoms with Crippen LogP contribution < -0.4 is 15.7 Å². The maximum atomic E-state index is 6.44. The molecule has 6 aromatic carbocycles. The first-order valence-corrected chi connectivity index (χ1v) is 22.1. The van der Waals surface area contributed by atoms with Crippen LogP contribution in [0.3, 0.4) is 0 Å². The van der Waals surface area contributed by atoms with E-state index in [-0.39, 0.29) is 34.4 Å². The Hall–Kier alpha value is -5.02. The molecule has 3 heteroatoms. The standard InChI is InChI=1S/C56H60BNO/c1-32-27-49-42(39-16-14-15-17-48(39)59-49)29-40(32)50-33(2)26-43-41-30-44-45(56(12,13)25-24-55(44,10)11)31-47(41)58(37-21-18-35(19-22-37)53(4,5)6)57-46-28-36(54(7,8)9)20-23-38(46)34(3)51(50)52(43)57/h14-23,26-31,34H,24-25H2,1-13H3. The number of fused-ring (bicyclic) bond motifs is 8. The fourth-order valence-corrected chi connectivity index (χ4v) is 11.1. The van der Waals surface area contributed by atoms with Crippen LogP contribution >= 0.6 is 0 Å². The molecular weight excluding hydrogens is 713 g/mol. The second-order valence-corrected chi connectivity index (χ2v) is 21.8. The van der Waals surface area contributed by atoms with Crippen LogP contribution in [0, 0.1) is 13.8 Å². The van der Waals surface area contributed by atoms with Crippen LogP contribution in [0.2, 0.25) is 0 Å². The van der Waals surface area contributed by atoms with Gasteiger partial charge in [0.25, 0.3) is 0 Å².